The van der Waals surface area contributed by atoms with Gasteiger partial charge in [0.2, 0.25) is 0 Å². The van der Waals surface area contributed by atoms with Crippen LogP contribution >= 0.6 is 0 Å². The van der Waals surface area contributed by atoms with Gasteiger partial charge < -0.3 is 5.32 Å². The van der Waals surface area contributed by atoms with E-state index in [1.807, 2.05) is 39.0 Å². The fraction of sp³-hybridized carbons (Fsp3) is 0.231. The molecule has 17 heavy (non-hydrogen) atoms. The summed E-state index contributed by atoms with van der Waals surface area (Å²) >= 11 is 0. The standard InChI is InChI=1S/C13H15N3O/c1-8-4-5-11(6-9(8)2)14-13(17)12-7-10(3)15-16-12/h4-7H,1-3H3,(H,14,17)(H,15,16). The molecule has 2 N–H and O–H groups in total. The van der Waals surface area contributed by atoms with E-state index in [-0.39, 0.29) is 5.91 Å². The van der Waals surface area contributed by atoms with E-state index in [9.17, 15) is 4.79 Å². The number of hydrogen-bond acceptors (Lipinski definition) is 2. The zero-order valence-electron chi connectivity index (χ0n) is 10.2. The van der Waals surface area contributed by atoms with Gasteiger partial charge >= 0.3 is 0 Å². The van der Waals surface area contributed by atoms with Crippen molar-refractivity contribution in [2.75, 3.05) is 5.32 Å². The third-order valence-electron chi connectivity index (χ3n) is 2.70. The Morgan fingerprint density at radius 1 is 1.18 bits per heavy atom. The molecule has 0 atom stereocenters. The Hall–Kier alpha value is -2.10. The van der Waals surface area contributed by atoms with Crippen LogP contribution in [0.3, 0.4) is 0 Å². The molecular weight excluding hydrogens is 214 g/mol. The lowest BCUT2D eigenvalue weighted by Crippen LogP contribution is -2.12. The van der Waals surface area contributed by atoms with Gasteiger partial charge in [0, 0.05) is 11.4 Å². The number of benzene rings is 1. The molecule has 1 heterocycles. The third kappa shape index (κ3) is 2.53. The van der Waals surface area contributed by atoms with Gasteiger partial charge in [-0.15, -0.1) is 0 Å². The van der Waals surface area contributed by atoms with E-state index in [1.165, 1.54) is 5.56 Å². The topological polar surface area (TPSA) is 57.8 Å². The highest BCUT2D eigenvalue weighted by molar-refractivity contribution is 6.02. The van der Waals surface area contributed by atoms with Gasteiger partial charge in [-0.1, -0.05) is 6.07 Å². The number of amides is 1. The third-order valence-corrected chi connectivity index (χ3v) is 2.70. The summed E-state index contributed by atoms with van der Waals surface area (Å²) in [4.78, 5) is 11.8. The van der Waals surface area contributed by atoms with Gasteiger partial charge in [-0.05, 0) is 50.1 Å². The number of nitrogens with zero attached hydrogens (tertiary/aromatic N) is 1. The van der Waals surface area contributed by atoms with Crippen molar-refractivity contribution in [3.63, 3.8) is 0 Å². The number of aryl methyl sites for hydroxylation is 3. The lowest BCUT2D eigenvalue weighted by molar-refractivity contribution is 0.102. The van der Waals surface area contributed by atoms with Crippen LogP contribution in [-0.2, 0) is 0 Å². The van der Waals surface area contributed by atoms with Gasteiger partial charge in [0.05, 0.1) is 0 Å². The largest absolute Gasteiger partial charge is 0.321 e. The number of aromatic amines is 1. The molecule has 0 bridgehead atoms. The van der Waals surface area contributed by atoms with Crippen LogP contribution < -0.4 is 5.32 Å². The molecule has 4 nitrogen and oxygen atoms in total. The van der Waals surface area contributed by atoms with E-state index in [0.29, 0.717) is 5.69 Å². The minimum absolute atomic E-state index is 0.197. The number of rotatable bonds is 2. The average Bonchev–Trinajstić information content (AvgIpc) is 2.70. The van der Waals surface area contributed by atoms with Crippen LogP contribution in [-0.4, -0.2) is 16.1 Å². The molecule has 2 aromatic rings. The van der Waals surface area contributed by atoms with E-state index >= 15 is 0 Å². The molecular formula is C13H15N3O. The van der Waals surface area contributed by atoms with Gasteiger partial charge in [-0.25, -0.2) is 0 Å². The summed E-state index contributed by atoms with van der Waals surface area (Å²) in [5.41, 5.74) is 4.43. The Labute approximate surface area is 100 Å². The summed E-state index contributed by atoms with van der Waals surface area (Å²) in [5, 5.41) is 9.48. The molecule has 2 rings (SSSR count). The number of nitrogens with one attached hydrogen (secondary N) is 2. The lowest BCUT2D eigenvalue weighted by atomic mass is 10.1. The normalized spacial score (nSPS) is 10.3. The Morgan fingerprint density at radius 2 is 1.94 bits per heavy atom. The van der Waals surface area contributed by atoms with Crippen molar-refractivity contribution in [2.45, 2.75) is 20.8 Å². The zero-order valence-corrected chi connectivity index (χ0v) is 10.2. The number of carbonyl (C=O) groups is 1. The van der Waals surface area contributed by atoms with Crippen LogP contribution in [0.25, 0.3) is 0 Å². The number of anilines is 1. The first kappa shape index (κ1) is 11.4. The van der Waals surface area contributed by atoms with E-state index in [0.717, 1.165) is 16.9 Å². The van der Waals surface area contributed by atoms with Gasteiger partial charge in [0.1, 0.15) is 0 Å². The highest BCUT2D eigenvalue weighted by atomic mass is 16.1. The first-order valence-corrected chi connectivity index (χ1v) is 5.47. The molecule has 0 fully saturated rings. The highest BCUT2D eigenvalue weighted by Crippen LogP contribution is 2.14. The van der Waals surface area contributed by atoms with Crippen molar-refractivity contribution < 1.29 is 4.79 Å². The monoisotopic (exact) mass is 229 g/mol. The van der Waals surface area contributed by atoms with Gasteiger partial charge in [-0.2, -0.15) is 5.10 Å². The van der Waals surface area contributed by atoms with Crippen molar-refractivity contribution in [3.8, 4) is 0 Å². The Morgan fingerprint density at radius 3 is 2.53 bits per heavy atom. The summed E-state index contributed by atoms with van der Waals surface area (Å²) < 4.78 is 0. The maximum Gasteiger partial charge on any atom is 0.276 e. The van der Waals surface area contributed by atoms with E-state index in [2.05, 4.69) is 15.5 Å². The summed E-state index contributed by atoms with van der Waals surface area (Å²) in [5.74, 6) is -0.197. The van der Waals surface area contributed by atoms with Crippen LogP contribution in [0.15, 0.2) is 24.3 Å². The molecule has 0 aliphatic rings. The molecule has 0 unspecified atom stereocenters. The molecule has 0 radical (unpaired) electrons. The zero-order chi connectivity index (χ0) is 12.4. The Balaban J connectivity index is 2.15. The van der Waals surface area contributed by atoms with Gasteiger partial charge in [0.15, 0.2) is 5.69 Å². The molecule has 0 saturated carbocycles. The van der Waals surface area contributed by atoms with Crippen LogP contribution in [0.4, 0.5) is 5.69 Å². The molecule has 0 saturated heterocycles. The highest BCUT2D eigenvalue weighted by Gasteiger charge is 2.09. The molecule has 1 aromatic heterocycles. The van der Waals surface area contributed by atoms with Gasteiger partial charge in [-0.3, -0.25) is 9.89 Å². The summed E-state index contributed by atoms with van der Waals surface area (Å²) in [6.45, 7) is 5.92. The van der Waals surface area contributed by atoms with Crippen molar-refractivity contribution in [1.29, 1.82) is 0 Å². The maximum atomic E-state index is 11.8. The van der Waals surface area contributed by atoms with Crippen molar-refractivity contribution in [2.24, 2.45) is 0 Å². The molecule has 0 spiro atoms. The fourth-order valence-corrected chi connectivity index (χ4v) is 1.55. The second-order valence-electron chi connectivity index (χ2n) is 4.19. The molecule has 0 aliphatic carbocycles. The molecule has 1 aromatic carbocycles. The van der Waals surface area contributed by atoms with Crippen LogP contribution in [0.2, 0.25) is 0 Å². The Bertz CT molecular complexity index is 558. The maximum absolute atomic E-state index is 11.8. The van der Waals surface area contributed by atoms with Crippen molar-refractivity contribution in [3.05, 3.63) is 46.8 Å². The second-order valence-corrected chi connectivity index (χ2v) is 4.19. The fourth-order valence-electron chi connectivity index (χ4n) is 1.55. The smallest absolute Gasteiger partial charge is 0.276 e. The number of hydrogen-bond donors (Lipinski definition) is 2. The summed E-state index contributed by atoms with van der Waals surface area (Å²) in [6.07, 6.45) is 0. The van der Waals surface area contributed by atoms with E-state index in [4.69, 9.17) is 0 Å². The lowest BCUT2D eigenvalue weighted by Gasteiger charge is -2.06. The molecule has 88 valence electrons. The number of carbonyl (C=O) groups excluding carboxylic acids is 1. The van der Waals surface area contributed by atoms with Crippen LogP contribution in [0.1, 0.15) is 27.3 Å². The SMILES string of the molecule is Cc1cc(C(=O)Nc2ccc(C)c(C)c2)n[nH]1. The minimum Gasteiger partial charge on any atom is -0.321 e. The number of H-pyrrole nitrogens is 1. The van der Waals surface area contributed by atoms with Crippen LogP contribution in [0.5, 0.6) is 0 Å². The second kappa shape index (κ2) is 4.41. The first-order chi connectivity index (χ1) is 8.06. The predicted octanol–water partition coefficient (Wildman–Crippen LogP) is 2.59. The molecule has 0 aliphatic heterocycles. The van der Waals surface area contributed by atoms with E-state index in [1.54, 1.807) is 6.07 Å². The number of aromatic nitrogens is 2. The van der Waals surface area contributed by atoms with Gasteiger partial charge in [0.25, 0.3) is 5.91 Å². The first-order valence-electron chi connectivity index (χ1n) is 5.47. The predicted molar refractivity (Wildman–Crippen MR) is 67.2 cm³/mol. The van der Waals surface area contributed by atoms with Crippen LogP contribution in [0, 0.1) is 20.8 Å². The summed E-state index contributed by atoms with van der Waals surface area (Å²) in [7, 11) is 0. The minimum atomic E-state index is -0.197. The van der Waals surface area contributed by atoms with E-state index < -0.39 is 0 Å². The molecule has 4 heteroatoms. The Kier molecular flexibility index (Phi) is 2.95. The summed E-state index contributed by atoms with van der Waals surface area (Å²) in [6, 6.07) is 7.55. The quantitative estimate of drug-likeness (QED) is 0.831. The average molecular weight is 229 g/mol. The molecule has 1 amide bonds. The van der Waals surface area contributed by atoms with Crippen molar-refractivity contribution in [1.82, 2.24) is 10.2 Å². The van der Waals surface area contributed by atoms with Crippen molar-refractivity contribution >= 4 is 11.6 Å².